The second-order valence-electron chi connectivity index (χ2n) is 7.79. The van der Waals surface area contributed by atoms with Crippen molar-refractivity contribution in [2.24, 2.45) is 11.8 Å². The minimum atomic E-state index is -0.417. The Morgan fingerprint density at radius 1 is 0.923 bits per heavy atom. The SMILES string of the molecule is O=C(C1CC(c2ccccc2)C1)N1CCC(C(O)c2ccccc2)CC1. The zero-order valence-corrected chi connectivity index (χ0v) is 15.1. The fraction of sp³-hybridized carbons (Fsp3) is 0.435. The molecule has 0 aromatic heterocycles. The minimum Gasteiger partial charge on any atom is -0.388 e. The summed E-state index contributed by atoms with van der Waals surface area (Å²) in [4.78, 5) is 14.8. The molecule has 0 spiro atoms. The number of aliphatic hydroxyl groups is 1. The molecule has 26 heavy (non-hydrogen) atoms. The average Bonchev–Trinajstić information content (AvgIpc) is 2.68. The van der Waals surface area contributed by atoms with Crippen LogP contribution >= 0.6 is 0 Å². The molecule has 1 heterocycles. The van der Waals surface area contributed by atoms with Crippen LogP contribution in [0.2, 0.25) is 0 Å². The quantitative estimate of drug-likeness (QED) is 0.901. The number of nitrogens with zero attached hydrogens (tertiary/aromatic N) is 1. The first-order valence-corrected chi connectivity index (χ1v) is 9.79. The molecule has 1 saturated heterocycles. The van der Waals surface area contributed by atoms with Crippen LogP contribution in [0.15, 0.2) is 60.7 Å². The first-order valence-electron chi connectivity index (χ1n) is 9.79. The zero-order chi connectivity index (χ0) is 17.9. The molecular weight excluding hydrogens is 322 g/mol. The molecule has 3 heteroatoms. The van der Waals surface area contributed by atoms with Crippen molar-refractivity contribution < 1.29 is 9.90 Å². The molecule has 0 radical (unpaired) electrons. The summed E-state index contributed by atoms with van der Waals surface area (Å²) in [5.41, 5.74) is 2.35. The number of hydrogen-bond donors (Lipinski definition) is 1. The number of hydrogen-bond acceptors (Lipinski definition) is 2. The van der Waals surface area contributed by atoms with Gasteiger partial charge < -0.3 is 10.0 Å². The molecule has 2 aromatic rings. The maximum absolute atomic E-state index is 12.8. The van der Waals surface area contributed by atoms with E-state index in [9.17, 15) is 9.90 Å². The molecule has 1 atom stereocenters. The molecule has 1 N–H and O–H groups in total. The Kier molecular flexibility index (Phi) is 5.07. The van der Waals surface area contributed by atoms with Gasteiger partial charge in [0, 0.05) is 19.0 Å². The number of carbonyl (C=O) groups excluding carboxylic acids is 1. The van der Waals surface area contributed by atoms with Crippen molar-refractivity contribution in [2.75, 3.05) is 13.1 Å². The highest BCUT2D eigenvalue weighted by molar-refractivity contribution is 5.80. The van der Waals surface area contributed by atoms with Crippen LogP contribution < -0.4 is 0 Å². The van der Waals surface area contributed by atoms with Crippen LogP contribution in [0.25, 0.3) is 0 Å². The summed E-state index contributed by atoms with van der Waals surface area (Å²) < 4.78 is 0. The number of likely N-dealkylation sites (tertiary alicyclic amines) is 1. The normalized spacial score (nSPS) is 24.7. The van der Waals surface area contributed by atoms with Crippen molar-refractivity contribution in [3.63, 3.8) is 0 Å². The molecule has 1 unspecified atom stereocenters. The van der Waals surface area contributed by atoms with Crippen molar-refractivity contribution in [3.05, 3.63) is 71.8 Å². The van der Waals surface area contributed by atoms with Crippen molar-refractivity contribution in [3.8, 4) is 0 Å². The van der Waals surface area contributed by atoms with Gasteiger partial charge in [-0.1, -0.05) is 60.7 Å². The minimum absolute atomic E-state index is 0.191. The van der Waals surface area contributed by atoms with Gasteiger partial charge >= 0.3 is 0 Å². The van der Waals surface area contributed by atoms with E-state index in [0.717, 1.165) is 44.3 Å². The van der Waals surface area contributed by atoms with Gasteiger partial charge in [0.2, 0.25) is 5.91 Å². The van der Waals surface area contributed by atoms with E-state index in [4.69, 9.17) is 0 Å². The second-order valence-corrected chi connectivity index (χ2v) is 7.79. The van der Waals surface area contributed by atoms with Gasteiger partial charge in [0.05, 0.1) is 6.10 Å². The fourth-order valence-corrected chi connectivity index (χ4v) is 4.43. The molecule has 2 aliphatic rings. The largest absolute Gasteiger partial charge is 0.388 e. The molecule has 3 nitrogen and oxygen atoms in total. The maximum Gasteiger partial charge on any atom is 0.225 e. The number of rotatable bonds is 4. The monoisotopic (exact) mass is 349 g/mol. The smallest absolute Gasteiger partial charge is 0.225 e. The highest BCUT2D eigenvalue weighted by atomic mass is 16.3. The Labute approximate surface area is 155 Å². The Balaban J connectivity index is 1.27. The number of benzene rings is 2. The predicted molar refractivity (Wildman–Crippen MR) is 103 cm³/mol. The molecule has 1 aliphatic carbocycles. The van der Waals surface area contributed by atoms with Crippen LogP contribution in [0.4, 0.5) is 0 Å². The first kappa shape index (κ1) is 17.3. The molecule has 136 valence electrons. The number of aliphatic hydroxyl groups excluding tert-OH is 1. The van der Waals surface area contributed by atoms with Gasteiger partial charge in [0.25, 0.3) is 0 Å². The Bertz CT molecular complexity index is 716. The molecule has 4 rings (SSSR count). The zero-order valence-electron chi connectivity index (χ0n) is 15.1. The highest BCUT2D eigenvalue weighted by Gasteiger charge is 2.38. The molecule has 1 saturated carbocycles. The third kappa shape index (κ3) is 3.54. The van der Waals surface area contributed by atoms with Crippen LogP contribution in [0.3, 0.4) is 0 Å². The van der Waals surface area contributed by atoms with Crippen molar-refractivity contribution >= 4 is 5.91 Å². The van der Waals surface area contributed by atoms with Crippen LogP contribution in [0.5, 0.6) is 0 Å². The van der Waals surface area contributed by atoms with E-state index >= 15 is 0 Å². The summed E-state index contributed by atoms with van der Waals surface area (Å²) >= 11 is 0. The lowest BCUT2D eigenvalue weighted by atomic mass is 9.70. The van der Waals surface area contributed by atoms with Gasteiger partial charge in [-0.15, -0.1) is 0 Å². The number of amides is 1. The molecule has 1 aliphatic heterocycles. The topological polar surface area (TPSA) is 40.5 Å². The van der Waals surface area contributed by atoms with Gasteiger partial charge in [-0.05, 0) is 48.6 Å². The van der Waals surface area contributed by atoms with Crippen molar-refractivity contribution in [1.82, 2.24) is 4.90 Å². The molecule has 2 fully saturated rings. The van der Waals surface area contributed by atoms with E-state index in [2.05, 4.69) is 24.3 Å². The second kappa shape index (κ2) is 7.63. The Morgan fingerprint density at radius 2 is 1.50 bits per heavy atom. The van der Waals surface area contributed by atoms with Gasteiger partial charge in [-0.2, -0.15) is 0 Å². The van der Waals surface area contributed by atoms with Gasteiger partial charge in [-0.3, -0.25) is 4.79 Å². The van der Waals surface area contributed by atoms with Crippen LogP contribution in [-0.4, -0.2) is 29.0 Å². The summed E-state index contributed by atoms with van der Waals surface area (Å²) in [6.07, 6.45) is 3.32. The number of piperidine rings is 1. The maximum atomic E-state index is 12.8. The molecule has 0 bridgehead atoms. The molecule has 2 aromatic carbocycles. The summed E-state index contributed by atoms with van der Waals surface area (Å²) in [6.45, 7) is 1.56. The van der Waals surface area contributed by atoms with Gasteiger partial charge in [-0.25, -0.2) is 0 Å². The third-order valence-electron chi connectivity index (χ3n) is 6.20. The number of carbonyl (C=O) groups is 1. The Morgan fingerprint density at radius 3 is 2.12 bits per heavy atom. The fourth-order valence-electron chi connectivity index (χ4n) is 4.43. The van der Waals surface area contributed by atoms with E-state index < -0.39 is 6.10 Å². The summed E-state index contributed by atoms with van der Waals surface area (Å²) in [5.74, 6) is 1.31. The first-order chi connectivity index (χ1) is 12.7. The van der Waals surface area contributed by atoms with E-state index in [-0.39, 0.29) is 11.8 Å². The predicted octanol–water partition coefficient (Wildman–Crippen LogP) is 4.15. The van der Waals surface area contributed by atoms with Crippen LogP contribution in [0, 0.1) is 11.8 Å². The van der Waals surface area contributed by atoms with Crippen LogP contribution in [-0.2, 0) is 4.79 Å². The molecule has 1 amide bonds. The van der Waals surface area contributed by atoms with Gasteiger partial charge in [0.1, 0.15) is 0 Å². The van der Waals surface area contributed by atoms with Crippen LogP contribution in [0.1, 0.15) is 48.8 Å². The molecular formula is C23H27NO2. The summed E-state index contributed by atoms with van der Waals surface area (Å²) in [7, 11) is 0. The van der Waals surface area contributed by atoms with Crippen molar-refractivity contribution in [2.45, 2.75) is 37.7 Å². The Hall–Kier alpha value is -2.13. The summed E-state index contributed by atoms with van der Waals surface area (Å²) in [6, 6.07) is 20.4. The lowest BCUT2D eigenvalue weighted by Crippen LogP contribution is -2.45. The standard InChI is InChI=1S/C23H27NO2/c25-22(18-9-5-2-6-10-18)19-11-13-24(14-12-19)23(26)21-15-20(16-21)17-7-3-1-4-8-17/h1-10,19-22,25H,11-16H2. The lowest BCUT2D eigenvalue weighted by Gasteiger charge is -2.41. The van der Waals surface area contributed by atoms with Crippen molar-refractivity contribution in [1.29, 1.82) is 0 Å². The lowest BCUT2D eigenvalue weighted by molar-refractivity contribution is -0.140. The average molecular weight is 349 g/mol. The highest BCUT2D eigenvalue weighted by Crippen LogP contribution is 2.43. The van der Waals surface area contributed by atoms with Gasteiger partial charge in [0.15, 0.2) is 0 Å². The van der Waals surface area contributed by atoms with E-state index in [0.29, 0.717) is 11.8 Å². The van der Waals surface area contributed by atoms with E-state index in [1.165, 1.54) is 5.56 Å². The van der Waals surface area contributed by atoms with E-state index in [1.54, 1.807) is 0 Å². The van der Waals surface area contributed by atoms with E-state index in [1.807, 2.05) is 41.3 Å². The summed E-state index contributed by atoms with van der Waals surface area (Å²) in [5, 5.41) is 10.6. The third-order valence-corrected chi connectivity index (χ3v) is 6.20.